The SMILES string of the molecule is COc1ccc([C@H]2[C@H](C)[C@@H](C)[C@H](c3ccc(OC)c(OC)c3)N2c2ccccc2)cc1OC. The summed E-state index contributed by atoms with van der Waals surface area (Å²) < 4.78 is 22.2. The lowest BCUT2D eigenvalue weighted by atomic mass is 9.85. The minimum atomic E-state index is 0.167. The Bertz CT molecular complexity index is 1020. The molecule has 3 aromatic carbocycles. The number of hydrogen-bond donors (Lipinski definition) is 0. The molecule has 33 heavy (non-hydrogen) atoms. The maximum atomic E-state index is 5.63. The van der Waals surface area contributed by atoms with E-state index in [9.17, 15) is 0 Å². The summed E-state index contributed by atoms with van der Waals surface area (Å²) in [7, 11) is 6.70. The molecule has 4 atom stereocenters. The van der Waals surface area contributed by atoms with Crippen molar-refractivity contribution in [3.8, 4) is 23.0 Å². The lowest BCUT2D eigenvalue weighted by molar-refractivity contribution is 0.352. The Morgan fingerprint density at radius 2 is 0.970 bits per heavy atom. The first kappa shape index (κ1) is 22.8. The van der Waals surface area contributed by atoms with E-state index in [0.29, 0.717) is 11.8 Å². The molecule has 0 bridgehead atoms. The number of hydrogen-bond acceptors (Lipinski definition) is 5. The summed E-state index contributed by atoms with van der Waals surface area (Å²) in [4.78, 5) is 2.54. The molecule has 0 saturated carbocycles. The predicted molar refractivity (Wildman–Crippen MR) is 132 cm³/mol. The van der Waals surface area contributed by atoms with Crippen molar-refractivity contribution in [2.45, 2.75) is 25.9 Å². The van der Waals surface area contributed by atoms with Crippen molar-refractivity contribution in [1.82, 2.24) is 0 Å². The third-order valence-corrected chi connectivity index (χ3v) is 6.98. The first-order valence-corrected chi connectivity index (χ1v) is 11.3. The number of methoxy groups -OCH3 is 4. The van der Waals surface area contributed by atoms with Gasteiger partial charge in [0.25, 0.3) is 0 Å². The fourth-order valence-corrected chi connectivity index (χ4v) is 5.18. The standard InChI is InChI=1S/C28H33NO4/c1-18-19(2)28(21-13-15-24(31-4)26(17-21)33-6)29(22-10-8-7-9-11-22)27(18)20-12-14-23(30-3)25(16-20)32-5/h7-19,27-28H,1-6H3/t18-,19-,27-,28-/m1/s1. The van der Waals surface area contributed by atoms with E-state index in [-0.39, 0.29) is 12.1 Å². The molecule has 0 unspecified atom stereocenters. The molecule has 1 heterocycles. The van der Waals surface area contributed by atoms with E-state index in [1.165, 1.54) is 16.8 Å². The number of anilines is 1. The van der Waals surface area contributed by atoms with E-state index < -0.39 is 0 Å². The first-order chi connectivity index (χ1) is 16.0. The predicted octanol–water partition coefficient (Wildman–Crippen LogP) is 6.30. The zero-order chi connectivity index (χ0) is 23.5. The summed E-state index contributed by atoms with van der Waals surface area (Å²) in [5.74, 6) is 3.75. The van der Waals surface area contributed by atoms with Crippen LogP contribution in [0, 0.1) is 11.8 Å². The molecule has 0 N–H and O–H groups in total. The van der Waals surface area contributed by atoms with Gasteiger partial charge in [0.15, 0.2) is 23.0 Å². The van der Waals surface area contributed by atoms with Crippen molar-refractivity contribution >= 4 is 5.69 Å². The van der Waals surface area contributed by atoms with Crippen LogP contribution in [0.1, 0.15) is 37.1 Å². The third kappa shape index (κ3) is 4.08. The summed E-state index contributed by atoms with van der Waals surface area (Å²) in [5, 5.41) is 0. The van der Waals surface area contributed by atoms with Gasteiger partial charge in [-0.3, -0.25) is 0 Å². The minimum Gasteiger partial charge on any atom is -0.493 e. The first-order valence-electron chi connectivity index (χ1n) is 11.3. The number of rotatable bonds is 7. The molecular formula is C28H33NO4. The van der Waals surface area contributed by atoms with Gasteiger partial charge in [-0.1, -0.05) is 44.2 Å². The van der Waals surface area contributed by atoms with Gasteiger partial charge in [0.1, 0.15) is 0 Å². The van der Waals surface area contributed by atoms with Crippen molar-refractivity contribution < 1.29 is 18.9 Å². The maximum Gasteiger partial charge on any atom is 0.161 e. The van der Waals surface area contributed by atoms with Gasteiger partial charge in [0.2, 0.25) is 0 Å². The third-order valence-electron chi connectivity index (χ3n) is 6.98. The van der Waals surface area contributed by atoms with Gasteiger partial charge in [-0.2, -0.15) is 0 Å². The van der Waals surface area contributed by atoms with Gasteiger partial charge in [-0.25, -0.2) is 0 Å². The Labute approximate surface area is 196 Å². The summed E-state index contributed by atoms with van der Waals surface area (Å²) in [6.45, 7) is 4.67. The second kappa shape index (κ2) is 9.65. The van der Waals surface area contributed by atoms with Crippen molar-refractivity contribution in [3.05, 3.63) is 77.9 Å². The summed E-state index contributed by atoms with van der Waals surface area (Å²) in [6.07, 6.45) is 0. The van der Waals surface area contributed by atoms with Crippen LogP contribution in [-0.4, -0.2) is 28.4 Å². The summed E-state index contributed by atoms with van der Waals surface area (Å²) in [5.41, 5.74) is 3.60. The van der Waals surface area contributed by atoms with Gasteiger partial charge < -0.3 is 23.8 Å². The van der Waals surface area contributed by atoms with E-state index in [2.05, 4.69) is 73.3 Å². The van der Waals surface area contributed by atoms with Crippen LogP contribution in [0.5, 0.6) is 23.0 Å². The smallest absolute Gasteiger partial charge is 0.161 e. The Balaban J connectivity index is 1.86. The lowest BCUT2D eigenvalue weighted by Gasteiger charge is -2.35. The van der Waals surface area contributed by atoms with Crippen LogP contribution in [0.4, 0.5) is 5.69 Å². The average molecular weight is 448 g/mol. The molecule has 0 aliphatic carbocycles. The largest absolute Gasteiger partial charge is 0.493 e. The molecule has 174 valence electrons. The minimum absolute atomic E-state index is 0.167. The van der Waals surface area contributed by atoms with E-state index in [4.69, 9.17) is 18.9 Å². The average Bonchev–Trinajstić information content (AvgIpc) is 3.13. The molecule has 1 saturated heterocycles. The highest BCUT2D eigenvalue weighted by Gasteiger charge is 2.46. The lowest BCUT2D eigenvalue weighted by Crippen LogP contribution is -2.28. The Morgan fingerprint density at radius 1 is 0.545 bits per heavy atom. The molecule has 0 aromatic heterocycles. The van der Waals surface area contributed by atoms with E-state index in [1.54, 1.807) is 28.4 Å². The number of nitrogens with zero attached hydrogens (tertiary/aromatic N) is 1. The number of ether oxygens (including phenoxy) is 4. The normalized spacial score (nSPS) is 22.2. The second-order valence-electron chi connectivity index (χ2n) is 8.58. The van der Waals surface area contributed by atoms with Crippen molar-refractivity contribution in [2.75, 3.05) is 33.3 Å². The molecule has 1 fully saturated rings. The molecule has 5 heteroatoms. The molecule has 1 aliphatic heterocycles. The fraction of sp³-hybridized carbons (Fsp3) is 0.357. The maximum absolute atomic E-state index is 5.63. The molecule has 1 aliphatic rings. The molecule has 0 spiro atoms. The molecule has 4 rings (SSSR count). The van der Waals surface area contributed by atoms with Gasteiger partial charge in [0.05, 0.1) is 40.5 Å². The highest BCUT2D eigenvalue weighted by atomic mass is 16.5. The summed E-state index contributed by atoms with van der Waals surface area (Å²) >= 11 is 0. The Kier molecular flexibility index (Phi) is 6.68. The van der Waals surface area contributed by atoms with Crippen LogP contribution in [0.25, 0.3) is 0 Å². The molecule has 0 radical (unpaired) electrons. The van der Waals surface area contributed by atoms with Crippen LogP contribution >= 0.6 is 0 Å². The van der Waals surface area contributed by atoms with E-state index >= 15 is 0 Å². The second-order valence-corrected chi connectivity index (χ2v) is 8.58. The quantitative estimate of drug-likeness (QED) is 0.425. The van der Waals surface area contributed by atoms with Crippen molar-refractivity contribution in [2.24, 2.45) is 11.8 Å². The highest BCUT2D eigenvalue weighted by Crippen LogP contribution is 2.54. The zero-order valence-corrected chi connectivity index (χ0v) is 20.2. The monoisotopic (exact) mass is 447 g/mol. The van der Waals surface area contributed by atoms with Crippen LogP contribution in [-0.2, 0) is 0 Å². The van der Waals surface area contributed by atoms with Crippen molar-refractivity contribution in [3.63, 3.8) is 0 Å². The number of benzene rings is 3. The van der Waals surface area contributed by atoms with Gasteiger partial charge >= 0.3 is 0 Å². The zero-order valence-electron chi connectivity index (χ0n) is 20.2. The Hall–Kier alpha value is -3.34. The van der Waals surface area contributed by atoms with Crippen molar-refractivity contribution in [1.29, 1.82) is 0 Å². The van der Waals surface area contributed by atoms with Gasteiger partial charge in [-0.05, 0) is 59.4 Å². The molecule has 3 aromatic rings. The van der Waals surface area contributed by atoms with E-state index in [1.807, 2.05) is 12.1 Å². The molecule has 5 nitrogen and oxygen atoms in total. The van der Waals surface area contributed by atoms with Crippen LogP contribution in [0.3, 0.4) is 0 Å². The van der Waals surface area contributed by atoms with Gasteiger partial charge in [0, 0.05) is 5.69 Å². The topological polar surface area (TPSA) is 40.2 Å². The number of para-hydroxylation sites is 1. The van der Waals surface area contributed by atoms with Gasteiger partial charge in [-0.15, -0.1) is 0 Å². The van der Waals surface area contributed by atoms with Crippen LogP contribution < -0.4 is 23.8 Å². The van der Waals surface area contributed by atoms with Crippen LogP contribution in [0.15, 0.2) is 66.7 Å². The Morgan fingerprint density at radius 3 is 1.36 bits per heavy atom. The molecular weight excluding hydrogens is 414 g/mol. The van der Waals surface area contributed by atoms with E-state index in [0.717, 1.165) is 23.0 Å². The fourth-order valence-electron chi connectivity index (χ4n) is 5.18. The summed E-state index contributed by atoms with van der Waals surface area (Å²) in [6, 6.07) is 23.5. The molecule has 0 amide bonds. The van der Waals surface area contributed by atoms with Crippen LogP contribution in [0.2, 0.25) is 0 Å². The highest BCUT2D eigenvalue weighted by molar-refractivity contribution is 5.57.